The van der Waals surface area contributed by atoms with Gasteiger partial charge in [0.05, 0.1) is 23.7 Å². The van der Waals surface area contributed by atoms with Crippen LogP contribution in [0.1, 0.15) is 16.1 Å². The monoisotopic (exact) mass is 393 g/mol. The van der Waals surface area contributed by atoms with Crippen LogP contribution >= 0.6 is 11.8 Å². The number of nitrogens with zero attached hydrogens (tertiary/aromatic N) is 2. The number of hydrogen-bond acceptors (Lipinski definition) is 4. The van der Waals surface area contributed by atoms with Gasteiger partial charge in [0.15, 0.2) is 0 Å². The Morgan fingerprint density at radius 3 is 2.71 bits per heavy atom. The Labute approximate surface area is 165 Å². The molecule has 1 aliphatic heterocycles. The molecule has 4 rings (SSSR count). The van der Waals surface area contributed by atoms with Crippen LogP contribution in [0.3, 0.4) is 0 Å². The molecule has 2 amide bonds. The molecule has 0 bridgehead atoms. The summed E-state index contributed by atoms with van der Waals surface area (Å²) >= 11 is 1.44. The number of fused-ring (bicyclic) bond motifs is 1. The first-order valence-electron chi connectivity index (χ1n) is 8.64. The molecule has 3 aromatic rings. The lowest BCUT2D eigenvalue weighted by molar-refractivity contribution is -0.113. The highest BCUT2D eigenvalue weighted by molar-refractivity contribution is 8.00. The summed E-state index contributed by atoms with van der Waals surface area (Å²) < 4.78 is 13.4. The highest BCUT2D eigenvalue weighted by Gasteiger charge is 2.22. The molecule has 1 N–H and O–H groups in total. The van der Waals surface area contributed by atoms with Crippen molar-refractivity contribution in [2.75, 3.05) is 16.0 Å². The first-order valence-corrected chi connectivity index (χ1v) is 9.63. The van der Waals surface area contributed by atoms with E-state index < -0.39 is 0 Å². The molecule has 0 spiro atoms. The van der Waals surface area contributed by atoms with Crippen molar-refractivity contribution >= 4 is 35.0 Å². The summed E-state index contributed by atoms with van der Waals surface area (Å²) in [4.78, 5) is 31.7. The van der Waals surface area contributed by atoms with E-state index in [9.17, 15) is 14.0 Å². The van der Waals surface area contributed by atoms with Gasteiger partial charge in [-0.3, -0.25) is 14.6 Å². The van der Waals surface area contributed by atoms with Gasteiger partial charge in [0, 0.05) is 22.3 Å². The van der Waals surface area contributed by atoms with E-state index in [1.165, 1.54) is 23.9 Å². The maximum Gasteiger partial charge on any atom is 0.258 e. The van der Waals surface area contributed by atoms with Crippen LogP contribution in [0.25, 0.3) is 0 Å². The SMILES string of the molecule is O=C1CSc2ccc(C(=O)N(Cc3ccccn3)c3ccc(F)cc3)cc2N1. The van der Waals surface area contributed by atoms with Crippen molar-refractivity contribution in [2.24, 2.45) is 0 Å². The number of anilines is 2. The molecule has 1 aromatic heterocycles. The molecular weight excluding hydrogens is 377 g/mol. The molecule has 0 unspecified atom stereocenters. The van der Waals surface area contributed by atoms with Crippen molar-refractivity contribution < 1.29 is 14.0 Å². The summed E-state index contributed by atoms with van der Waals surface area (Å²) in [6.45, 7) is 0.240. The Morgan fingerprint density at radius 2 is 1.96 bits per heavy atom. The normalized spacial score (nSPS) is 12.8. The third-order valence-corrected chi connectivity index (χ3v) is 5.36. The van der Waals surface area contributed by atoms with Gasteiger partial charge in [-0.05, 0) is 54.6 Å². The quantitative estimate of drug-likeness (QED) is 0.725. The van der Waals surface area contributed by atoms with Crippen LogP contribution in [0.2, 0.25) is 0 Å². The van der Waals surface area contributed by atoms with E-state index in [1.54, 1.807) is 41.4 Å². The molecular formula is C21H16FN3O2S. The van der Waals surface area contributed by atoms with Crippen LogP contribution in [0.5, 0.6) is 0 Å². The summed E-state index contributed by atoms with van der Waals surface area (Å²) in [5.41, 5.74) is 2.33. The Morgan fingerprint density at radius 1 is 1.14 bits per heavy atom. The number of benzene rings is 2. The Hall–Kier alpha value is -3.19. The first-order chi connectivity index (χ1) is 13.6. The summed E-state index contributed by atoms with van der Waals surface area (Å²) in [7, 11) is 0. The second-order valence-electron chi connectivity index (χ2n) is 6.24. The molecule has 0 saturated carbocycles. The van der Waals surface area contributed by atoms with E-state index in [0.717, 1.165) is 4.90 Å². The highest BCUT2D eigenvalue weighted by Crippen LogP contribution is 2.32. The van der Waals surface area contributed by atoms with Gasteiger partial charge < -0.3 is 10.2 Å². The minimum atomic E-state index is -0.373. The van der Waals surface area contributed by atoms with Crippen LogP contribution in [0.4, 0.5) is 15.8 Å². The zero-order chi connectivity index (χ0) is 19.5. The number of aromatic nitrogens is 1. The first kappa shape index (κ1) is 18.2. The van der Waals surface area contributed by atoms with Crippen molar-refractivity contribution in [3.8, 4) is 0 Å². The molecule has 2 aromatic carbocycles. The smallest absolute Gasteiger partial charge is 0.258 e. The molecule has 140 valence electrons. The van der Waals surface area contributed by atoms with Crippen molar-refractivity contribution in [1.82, 2.24) is 4.98 Å². The van der Waals surface area contributed by atoms with Gasteiger partial charge in [-0.2, -0.15) is 0 Å². The van der Waals surface area contributed by atoms with Gasteiger partial charge in [0.25, 0.3) is 5.91 Å². The number of rotatable bonds is 4. The van der Waals surface area contributed by atoms with Crippen molar-refractivity contribution in [1.29, 1.82) is 0 Å². The lowest BCUT2D eigenvalue weighted by atomic mass is 10.1. The molecule has 0 saturated heterocycles. The van der Waals surface area contributed by atoms with Crippen LogP contribution in [0, 0.1) is 5.82 Å². The number of carbonyl (C=O) groups excluding carboxylic acids is 2. The Kier molecular flexibility index (Phi) is 5.08. The van der Waals surface area contributed by atoms with E-state index in [-0.39, 0.29) is 24.2 Å². The number of hydrogen-bond donors (Lipinski definition) is 1. The Balaban J connectivity index is 1.69. The fourth-order valence-electron chi connectivity index (χ4n) is 2.93. The molecule has 7 heteroatoms. The number of nitrogens with one attached hydrogen (secondary N) is 1. The molecule has 0 fully saturated rings. The van der Waals surface area contributed by atoms with Gasteiger partial charge in [0.2, 0.25) is 5.91 Å². The second kappa shape index (κ2) is 7.82. The molecule has 0 radical (unpaired) electrons. The molecule has 5 nitrogen and oxygen atoms in total. The minimum Gasteiger partial charge on any atom is -0.324 e. The Bertz CT molecular complexity index is 1030. The van der Waals surface area contributed by atoms with Crippen LogP contribution in [-0.2, 0) is 11.3 Å². The summed E-state index contributed by atoms with van der Waals surface area (Å²) in [6.07, 6.45) is 1.66. The van der Waals surface area contributed by atoms with Crippen LogP contribution in [0.15, 0.2) is 71.8 Å². The zero-order valence-corrected chi connectivity index (χ0v) is 15.6. The number of pyridine rings is 1. The molecule has 0 atom stereocenters. The average Bonchev–Trinajstić information content (AvgIpc) is 2.72. The fraction of sp³-hybridized carbons (Fsp3) is 0.0952. The minimum absolute atomic E-state index is 0.0917. The summed E-state index contributed by atoms with van der Waals surface area (Å²) in [5, 5.41) is 2.80. The van der Waals surface area contributed by atoms with Crippen LogP contribution in [-0.4, -0.2) is 22.6 Å². The van der Waals surface area contributed by atoms with Gasteiger partial charge in [-0.1, -0.05) is 6.07 Å². The standard InChI is InChI=1S/C21H16FN3O2S/c22-15-5-7-17(8-6-15)25(12-16-3-1-2-10-23-16)21(27)14-4-9-19-18(11-14)24-20(26)13-28-19/h1-11H,12-13H2,(H,24,26). The van der Waals surface area contributed by atoms with E-state index >= 15 is 0 Å². The molecule has 0 aliphatic carbocycles. The summed E-state index contributed by atoms with van der Waals surface area (Å²) in [6, 6.07) is 16.5. The van der Waals surface area contributed by atoms with E-state index in [1.807, 2.05) is 18.2 Å². The lowest BCUT2D eigenvalue weighted by Gasteiger charge is -2.24. The van der Waals surface area contributed by atoms with Crippen molar-refractivity contribution in [3.05, 3.63) is 83.9 Å². The maximum atomic E-state index is 13.4. The third kappa shape index (κ3) is 3.89. The van der Waals surface area contributed by atoms with Gasteiger partial charge >= 0.3 is 0 Å². The average molecular weight is 393 g/mol. The molecule has 2 heterocycles. The van der Waals surface area contributed by atoms with Gasteiger partial charge in [-0.25, -0.2) is 4.39 Å². The maximum absolute atomic E-state index is 13.4. The molecule has 1 aliphatic rings. The van der Waals surface area contributed by atoms with E-state index in [0.29, 0.717) is 28.4 Å². The van der Waals surface area contributed by atoms with Gasteiger partial charge in [0.1, 0.15) is 5.82 Å². The second-order valence-corrected chi connectivity index (χ2v) is 7.25. The number of thioether (sulfide) groups is 1. The van der Waals surface area contributed by atoms with Crippen molar-refractivity contribution in [3.63, 3.8) is 0 Å². The molecule has 28 heavy (non-hydrogen) atoms. The number of amides is 2. The largest absolute Gasteiger partial charge is 0.324 e. The fourth-order valence-corrected chi connectivity index (χ4v) is 3.72. The zero-order valence-electron chi connectivity index (χ0n) is 14.8. The lowest BCUT2D eigenvalue weighted by Crippen LogP contribution is -2.31. The number of carbonyl (C=O) groups is 2. The van der Waals surface area contributed by atoms with Crippen LogP contribution < -0.4 is 10.2 Å². The predicted molar refractivity (Wildman–Crippen MR) is 107 cm³/mol. The third-order valence-electron chi connectivity index (χ3n) is 4.29. The highest BCUT2D eigenvalue weighted by atomic mass is 32.2. The van der Waals surface area contributed by atoms with Gasteiger partial charge in [-0.15, -0.1) is 11.8 Å². The van der Waals surface area contributed by atoms with Crippen molar-refractivity contribution in [2.45, 2.75) is 11.4 Å². The predicted octanol–water partition coefficient (Wildman–Crippen LogP) is 4.11. The number of halogens is 1. The van der Waals surface area contributed by atoms with E-state index in [4.69, 9.17) is 0 Å². The summed E-state index contributed by atoms with van der Waals surface area (Å²) in [5.74, 6) is -0.361. The topological polar surface area (TPSA) is 62.3 Å². The van der Waals surface area contributed by atoms with E-state index in [2.05, 4.69) is 10.3 Å².